The van der Waals surface area contributed by atoms with Gasteiger partial charge in [0.05, 0.1) is 38.1 Å². The number of carbonyl (C=O) groups excluding carboxylic acids is 3. The zero-order chi connectivity index (χ0) is 43.6. The largest absolute Gasteiger partial charge is 0.456 e. The maximum absolute atomic E-state index is 12.6. The Kier molecular flexibility index (Phi) is 16.4. The molecule has 61 heavy (non-hydrogen) atoms. The molecular formula is C45H56O16. The van der Waals surface area contributed by atoms with E-state index in [2.05, 4.69) is 0 Å². The Morgan fingerprint density at radius 3 is 1.33 bits per heavy atom. The highest BCUT2D eigenvalue weighted by molar-refractivity contribution is 5.68. The van der Waals surface area contributed by atoms with Crippen LogP contribution in [0.25, 0.3) is 0 Å². The summed E-state index contributed by atoms with van der Waals surface area (Å²) >= 11 is 0. The first kappa shape index (κ1) is 46.2. The molecule has 0 amide bonds. The van der Waals surface area contributed by atoms with Gasteiger partial charge in [-0.1, -0.05) is 91.0 Å². The predicted octanol–water partition coefficient (Wildman–Crippen LogP) is 3.90. The summed E-state index contributed by atoms with van der Waals surface area (Å²) in [7, 11) is 0. The molecule has 0 unspecified atom stereocenters. The Bertz CT molecular complexity index is 1780. The monoisotopic (exact) mass is 852 g/mol. The fraction of sp³-hybridized carbons (Fsp3) is 0.533. The average molecular weight is 853 g/mol. The highest BCUT2D eigenvalue weighted by Crippen LogP contribution is 2.37. The van der Waals surface area contributed by atoms with Gasteiger partial charge in [-0.05, 0) is 37.5 Å². The van der Waals surface area contributed by atoms with E-state index in [-0.39, 0.29) is 19.8 Å². The number of ether oxygens (including phenoxy) is 11. The minimum atomic E-state index is -1.65. The molecule has 16 nitrogen and oxygen atoms in total. The van der Waals surface area contributed by atoms with Gasteiger partial charge >= 0.3 is 17.9 Å². The Morgan fingerprint density at radius 2 is 0.836 bits per heavy atom. The summed E-state index contributed by atoms with van der Waals surface area (Å²) in [6.07, 6.45) is -18.0. The number of hydrogen-bond donors (Lipinski definition) is 2. The predicted molar refractivity (Wildman–Crippen MR) is 213 cm³/mol. The Morgan fingerprint density at radius 1 is 0.459 bits per heavy atom. The number of rotatable bonds is 16. The van der Waals surface area contributed by atoms with Crippen molar-refractivity contribution in [3.8, 4) is 0 Å². The molecule has 0 radical (unpaired) electrons. The second kappa shape index (κ2) is 21.6. The SMILES string of the molecule is CC(=O)O[C@@H]1[C@@H](OC(C)=O)[C@H](C)O[C@@H](O[C@H]2[C@@H](O)[C@H](O[C@@H]3[C@@H](OCc4ccccc4)[C@H](C)O[C@@H](O)[C@@H]3OCc3ccccc3)O[C@@H](C)[C@@H]2OCc2ccccc2)[C@@H]1OC(C)=O. The van der Waals surface area contributed by atoms with E-state index < -0.39 is 110 Å². The third-order valence-corrected chi connectivity index (χ3v) is 10.6. The van der Waals surface area contributed by atoms with Crippen molar-refractivity contribution < 1.29 is 76.7 Å². The lowest BCUT2D eigenvalue weighted by Crippen LogP contribution is -2.66. The van der Waals surface area contributed by atoms with Crippen LogP contribution in [0.4, 0.5) is 0 Å². The lowest BCUT2D eigenvalue weighted by atomic mass is 9.95. The molecule has 3 heterocycles. The second-order valence-corrected chi connectivity index (χ2v) is 15.3. The van der Waals surface area contributed by atoms with Crippen molar-refractivity contribution in [1.82, 2.24) is 0 Å². The van der Waals surface area contributed by atoms with Crippen LogP contribution in [0.2, 0.25) is 0 Å². The number of esters is 3. The fourth-order valence-electron chi connectivity index (χ4n) is 7.73. The van der Waals surface area contributed by atoms with Gasteiger partial charge in [0.25, 0.3) is 0 Å². The zero-order valence-corrected chi connectivity index (χ0v) is 35.1. The third-order valence-electron chi connectivity index (χ3n) is 10.6. The van der Waals surface area contributed by atoms with Crippen molar-refractivity contribution >= 4 is 17.9 Å². The molecule has 0 spiro atoms. The summed E-state index contributed by atoms with van der Waals surface area (Å²) in [6.45, 7) is 8.86. The highest BCUT2D eigenvalue weighted by atomic mass is 16.8. The number of carbonyl (C=O) groups is 3. The van der Waals surface area contributed by atoms with Crippen molar-refractivity contribution in [2.45, 2.75) is 153 Å². The number of hydrogen-bond acceptors (Lipinski definition) is 16. The zero-order valence-electron chi connectivity index (χ0n) is 35.1. The van der Waals surface area contributed by atoms with Gasteiger partial charge in [-0.3, -0.25) is 14.4 Å². The lowest BCUT2D eigenvalue weighted by molar-refractivity contribution is -0.381. The molecule has 332 valence electrons. The highest BCUT2D eigenvalue weighted by Gasteiger charge is 2.56. The van der Waals surface area contributed by atoms with Crippen LogP contribution in [0.3, 0.4) is 0 Å². The van der Waals surface area contributed by atoms with Gasteiger partial charge in [-0.2, -0.15) is 0 Å². The molecule has 0 bridgehead atoms. The molecule has 3 aromatic rings. The molecule has 0 saturated carbocycles. The van der Waals surface area contributed by atoms with Gasteiger partial charge in [-0.15, -0.1) is 0 Å². The first-order valence-corrected chi connectivity index (χ1v) is 20.4. The van der Waals surface area contributed by atoms with Crippen molar-refractivity contribution in [2.24, 2.45) is 0 Å². The van der Waals surface area contributed by atoms with Gasteiger partial charge in [-0.25, -0.2) is 0 Å². The van der Waals surface area contributed by atoms with E-state index in [1.165, 1.54) is 6.92 Å². The third kappa shape index (κ3) is 12.2. The molecule has 3 aliphatic rings. The van der Waals surface area contributed by atoms with Gasteiger partial charge in [0.2, 0.25) is 0 Å². The van der Waals surface area contributed by atoms with E-state index >= 15 is 0 Å². The van der Waals surface area contributed by atoms with Crippen LogP contribution < -0.4 is 0 Å². The first-order chi connectivity index (χ1) is 29.3. The van der Waals surface area contributed by atoms with Crippen LogP contribution in [0, 0.1) is 0 Å². The van der Waals surface area contributed by atoms with E-state index in [0.29, 0.717) is 0 Å². The van der Waals surface area contributed by atoms with Crippen LogP contribution in [0.15, 0.2) is 91.0 Å². The van der Waals surface area contributed by atoms with E-state index in [4.69, 9.17) is 52.1 Å². The molecular weight excluding hydrogens is 796 g/mol. The number of aliphatic hydroxyl groups is 2. The molecule has 3 saturated heterocycles. The van der Waals surface area contributed by atoms with E-state index in [1.807, 2.05) is 91.0 Å². The smallest absolute Gasteiger partial charge is 0.303 e. The molecule has 0 aromatic heterocycles. The van der Waals surface area contributed by atoms with Gasteiger partial charge < -0.3 is 62.3 Å². The Balaban J connectivity index is 1.33. The molecule has 16 heteroatoms. The van der Waals surface area contributed by atoms with Crippen molar-refractivity contribution in [3.05, 3.63) is 108 Å². The maximum atomic E-state index is 12.6. The number of benzene rings is 3. The minimum absolute atomic E-state index is 0.0871. The summed E-state index contributed by atoms with van der Waals surface area (Å²) < 4.78 is 67.7. The van der Waals surface area contributed by atoms with Gasteiger partial charge in [0.15, 0.2) is 37.2 Å². The Labute approximate surface area is 355 Å². The average Bonchev–Trinajstić information content (AvgIpc) is 3.22. The maximum Gasteiger partial charge on any atom is 0.303 e. The fourth-order valence-corrected chi connectivity index (χ4v) is 7.73. The molecule has 6 rings (SSSR count). The van der Waals surface area contributed by atoms with E-state index in [9.17, 15) is 24.6 Å². The topological polar surface area (TPSA) is 193 Å². The normalized spacial score (nSPS) is 33.9. The van der Waals surface area contributed by atoms with Crippen molar-refractivity contribution in [3.63, 3.8) is 0 Å². The first-order valence-electron chi connectivity index (χ1n) is 20.4. The molecule has 3 aromatic carbocycles. The molecule has 2 N–H and O–H groups in total. The summed E-state index contributed by atoms with van der Waals surface area (Å²) in [4.78, 5) is 37.1. The van der Waals surface area contributed by atoms with Crippen molar-refractivity contribution in [1.29, 1.82) is 0 Å². The molecule has 3 aliphatic heterocycles. The molecule has 0 aliphatic carbocycles. The lowest BCUT2D eigenvalue weighted by Gasteiger charge is -2.50. The standard InChI is InChI=1S/C45H56O16/c1-25-36(52-23-32-18-12-8-13-19-32)39(41(43(50)54-25)53-24-33-20-14-9-15-21-33)61-44-34(49)38(35(26(2)55-44)51-22-31-16-10-7-11-17-31)60-45-42(59-30(6)48)40(58-29(5)47)37(27(3)56-45)57-28(4)46/h7-21,25-27,34-45,49-50H,22-24H2,1-6H3/t25-,26-,27-,34+,35-,36-,37-,38-,39+,40+,41+,42+,43+,44-,45-/m0/s1. The van der Waals surface area contributed by atoms with Crippen LogP contribution >= 0.6 is 0 Å². The quantitative estimate of drug-likeness (QED) is 0.156. The second-order valence-electron chi connectivity index (χ2n) is 15.3. The van der Waals surface area contributed by atoms with Crippen LogP contribution in [0.1, 0.15) is 58.2 Å². The van der Waals surface area contributed by atoms with E-state index in [0.717, 1.165) is 30.5 Å². The summed E-state index contributed by atoms with van der Waals surface area (Å²) in [5, 5.41) is 23.7. The molecule has 15 atom stereocenters. The van der Waals surface area contributed by atoms with Crippen LogP contribution in [-0.4, -0.2) is 120 Å². The summed E-state index contributed by atoms with van der Waals surface area (Å²) in [5.41, 5.74) is 2.53. The van der Waals surface area contributed by atoms with Crippen molar-refractivity contribution in [2.75, 3.05) is 0 Å². The van der Waals surface area contributed by atoms with Gasteiger partial charge in [0.1, 0.15) is 36.6 Å². The van der Waals surface area contributed by atoms with Crippen LogP contribution in [0.5, 0.6) is 0 Å². The summed E-state index contributed by atoms with van der Waals surface area (Å²) in [5.74, 6) is -2.21. The summed E-state index contributed by atoms with van der Waals surface area (Å²) in [6, 6.07) is 28.2. The van der Waals surface area contributed by atoms with E-state index in [1.54, 1.807) is 20.8 Å². The Hall–Kier alpha value is -4.33. The number of aliphatic hydroxyl groups excluding tert-OH is 2. The van der Waals surface area contributed by atoms with Gasteiger partial charge in [0, 0.05) is 20.8 Å². The van der Waals surface area contributed by atoms with Crippen LogP contribution in [-0.2, 0) is 86.3 Å². The minimum Gasteiger partial charge on any atom is -0.456 e. The molecule has 3 fully saturated rings.